The van der Waals surface area contributed by atoms with Crippen molar-refractivity contribution in [3.63, 3.8) is 0 Å². The molecule has 2 aromatic carbocycles. The van der Waals surface area contributed by atoms with E-state index < -0.39 is 0 Å². The summed E-state index contributed by atoms with van der Waals surface area (Å²) >= 11 is 5.97. The molecular weight excluding hydrogens is 246 g/mol. The Labute approximate surface area is 112 Å². The molecule has 0 aliphatic carbocycles. The van der Waals surface area contributed by atoms with Gasteiger partial charge in [0.1, 0.15) is 11.4 Å². The van der Waals surface area contributed by atoms with Gasteiger partial charge in [0.25, 0.3) is 0 Å². The number of ether oxygens (including phenoxy) is 1. The molecule has 2 rings (SSSR count). The zero-order valence-corrected chi connectivity index (χ0v) is 11.1. The van der Waals surface area contributed by atoms with Gasteiger partial charge < -0.3 is 4.74 Å². The van der Waals surface area contributed by atoms with Crippen LogP contribution in [0, 0.1) is 0 Å². The molecule has 0 aliphatic rings. The minimum Gasteiger partial charge on any atom is -0.494 e. The summed E-state index contributed by atoms with van der Waals surface area (Å²) in [5.74, 6) is 0.763. The summed E-state index contributed by atoms with van der Waals surface area (Å²) < 4.78 is 5.27. The molecule has 0 unspecified atom stereocenters. The van der Waals surface area contributed by atoms with E-state index in [-0.39, 0.29) is 0 Å². The van der Waals surface area contributed by atoms with Crippen LogP contribution in [0.3, 0.4) is 0 Å². The van der Waals surface area contributed by atoms with E-state index >= 15 is 0 Å². The fraction of sp³-hybridized carbons (Fsp3) is 0.133. The quantitative estimate of drug-likeness (QED) is 0.745. The van der Waals surface area contributed by atoms with Gasteiger partial charge in [0, 0.05) is 10.7 Å². The van der Waals surface area contributed by atoms with Crippen molar-refractivity contribution in [1.29, 1.82) is 0 Å². The second-order valence-electron chi connectivity index (χ2n) is 3.88. The molecule has 0 fully saturated rings. The third-order valence-electron chi connectivity index (χ3n) is 2.62. The summed E-state index contributed by atoms with van der Waals surface area (Å²) in [4.78, 5) is 4.57. The van der Waals surface area contributed by atoms with Crippen LogP contribution >= 0.6 is 11.6 Å². The van der Waals surface area contributed by atoms with E-state index in [1.807, 2.05) is 55.5 Å². The molecule has 2 nitrogen and oxygen atoms in total. The highest BCUT2D eigenvalue weighted by Crippen LogP contribution is 2.27. The second-order valence-corrected chi connectivity index (χ2v) is 4.32. The maximum Gasteiger partial charge on any atom is 0.144 e. The minimum absolute atomic E-state index is 0.710. The van der Waals surface area contributed by atoms with Gasteiger partial charge >= 0.3 is 0 Å². The number of hydrogen-bond donors (Lipinski definition) is 0. The van der Waals surface area contributed by atoms with Crippen LogP contribution in [0.1, 0.15) is 12.5 Å². The van der Waals surface area contributed by atoms with Gasteiger partial charge in [-0.1, -0.05) is 35.9 Å². The van der Waals surface area contributed by atoms with Gasteiger partial charge in [0.15, 0.2) is 0 Å². The highest BCUT2D eigenvalue weighted by Gasteiger charge is 2.02. The molecular formula is C15H14ClNO. The Morgan fingerprint density at radius 2 is 1.89 bits per heavy atom. The fourth-order valence-corrected chi connectivity index (χ4v) is 1.87. The first-order valence-electron chi connectivity index (χ1n) is 5.65. The molecule has 0 aliphatic heterocycles. The van der Waals surface area contributed by atoms with E-state index in [0.717, 1.165) is 22.7 Å². The summed E-state index contributed by atoms with van der Waals surface area (Å²) in [6, 6.07) is 15.3. The van der Waals surface area contributed by atoms with E-state index in [9.17, 15) is 0 Å². The van der Waals surface area contributed by atoms with Crippen molar-refractivity contribution in [3.05, 3.63) is 59.1 Å². The third kappa shape index (κ3) is 2.90. The second kappa shape index (κ2) is 5.69. The summed E-state index contributed by atoms with van der Waals surface area (Å²) in [6.07, 6.45) is 0. The molecule has 0 saturated heterocycles. The Balaban J connectivity index is 2.38. The average Bonchev–Trinajstić information content (AvgIpc) is 2.39. The number of hydrogen-bond acceptors (Lipinski definition) is 2. The number of rotatable bonds is 3. The number of halogens is 1. The molecule has 0 radical (unpaired) electrons. The van der Waals surface area contributed by atoms with Crippen molar-refractivity contribution in [2.75, 3.05) is 7.11 Å². The van der Waals surface area contributed by atoms with Crippen LogP contribution < -0.4 is 4.74 Å². The lowest BCUT2D eigenvalue weighted by Gasteiger charge is -2.06. The van der Waals surface area contributed by atoms with E-state index in [1.165, 1.54) is 0 Å². The first-order valence-corrected chi connectivity index (χ1v) is 6.03. The monoisotopic (exact) mass is 259 g/mol. The van der Waals surface area contributed by atoms with Gasteiger partial charge in [-0.3, -0.25) is 0 Å². The third-order valence-corrected chi connectivity index (χ3v) is 2.85. The largest absolute Gasteiger partial charge is 0.494 e. The van der Waals surface area contributed by atoms with E-state index in [2.05, 4.69) is 4.99 Å². The van der Waals surface area contributed by atoms with Crippen LogP contribution in [0.25, 0.3) is 0 Å². The first-order chi connectivity index (χ1) is 8.70. The van der Waals surface area contributed by atoms with E-state index in [4.69, 9.17) is 16.3 Å². The van der Waals surface area contributed by atoms with Crippen molar-refractivity contribution in [2.24, 2.45) is 4.99 Å². The number of nitrogens with zero attached hydrogens (tertiary/aromatic N) is 1. The first kappa shape index (κ1) is 12.7. The van der Waals surface area contributed by atoms with E-state index in [0.29, 0.717) is 5.02 Å². The molecule has 0 spiro atoms. The van der Waals surface area contributed by atoms with Gasteiger partial charge in [0.05, 0.1) is 7.11 Å². The Bertz CT molecular complexity index is 578. The smallest absolute Gasteiger partial charge is 0.144 e. The molecule has 92 valence electrons. The molecule has 0 atom stereocenters. The number of para-hydroxylation sites is 2. The normalized spacial score (nSPS) is 11.4. The van der Waals surface area contributed by atoms with Crippen LogP contribution in [0.2, 0.25) is 5.02 Å². The number of methoxy groups -OCH3 is 1. The Morgan fingerprint density at radius 1 is 1.11 bits per heavy atom. The van der Waals surface area contributed by atoms with Crippen LogP contribution in [-0.2, 0) is 0 Å². The van der Waals surface area contributed by atoms with Gasteiger partial charge in [-0.2, -0.15) is 0 Å². The lowest BCUT2D eigenvalue weighted by atomic mass is 10.1. The topological polar surface area (TPSA) is 21.6 Å². The summed E-state index contributed by atoms with van der Waals surface area (Å²) in [5.41, 5.74) is 2.73. The maximum absolute atomic E-state index is 5.97. The molecule has 0 heterocycles. The Morgan fingerprint density at radius 3 is 2.61 bits per heavy atom. The van der Waals surface area contributed by atoms with E-state index in [1.54, 1.807) is 7.11 Å². The predicted molar refractivity (Wildman–Crippen MR) is 76.3 cm³/mol. The molecule has 2 aromatic rings. The average molecular weight is 260 g/mol. The molecule has 3 heteroatoms. The number of aliphatic imine (C=N–C) groups is 1. The SMILES string of the molecule is COc1ccccc1/N=C(/C)c1cccc(Cl)c1. The molecule has 0 saturated carbocycles. The molecule has 0 aromatic heterocycles. The van der Waals surface area contributed by atoms with Crippen molar-refractivity contribution >= 4 is 23.0 Å². The fourth-order valence-electron chi connectivity index (χ4n) is 1.68. The summed E-state index contributed by atoms with van der Waals surface area (Å²) in [5, 5.41) is 0.710. The van der Waals surface area contributed by atoms with Crippen molar-refractivity contribution in [3.8, 4) is 5.75 Å². The van der Waals surface area contributed by atoms with Crippen molar-refractivity contribution < 1.29 is 4.74 Å². The molecule has 18 heavy (non-hydrogen) atoms. The zero-order chi connectivity index (χ0) is 13.0. The van der Waals surface area contributed by atoms with Crippen molar-refractivity contribution in [1.82, 2.24) is 0 Å². The van der Waals surface area contributed by atoms with Gasteiger partial charge in [-0.25, -0.2) is 4.99 Å². The highest BCUT2D eigenvalue weighted by atomic mass is 35.5. The molecule has 0 N–H and O–H groups in total. The lowest BCUT2D eigenvalue weighted by molar-refractivity contribution is 0.416. The van der Waals surface area contributed by atoms with Crippen molar-refractivity contribution in [2.45, 2.75) is 6.92 Å². The standard InChI is InChI=1S/C15H14ClNO/c1-11(12-6-5-7-13(16)10-12)17-14-8-3-4-9-15(14)18-2/h3-10H,1-2H3/b17-11-. The zero-order valence-electron chi connectivity index (χ0n) is 10.4. The van der Waals surface area contributed by atoms with Crippen LogP contribution in [0.5, 0.6) is 5.75 Å². The number of benzene rings is 2. The minimum atomic E-state index is 0.710. The highest BCUT2D eigenvalue weighted by molar-refractivity contribution is 6.31. The Hall–Kier alpha value is -1.80. The van der Waals surface area contributed by atoms with Crippen LogP contribution in [0.15, 0.2) is 53.5 Å². The molecule has 0 amide bonds. The van der Waals surface area contributed by atoms with Gasteiger partial charge in [-0.15, -0.1) is 0 Å². The van der Waals surface area contributed by atoms with Gasteiger partial charge in [0.2, 0.25) is 0 Å². The Kier molecular flexibility index (Phi) is 4.00. The van der Waals surface area contributed by atoms with Crippen LogP contribution in [-0.4, -0.2) is 12.8 Å². The van der Waals surface area contributed by atoms with Crippen LogP contribution in [0.4, 0.5) is 5.69 Å². The summed E-state index contributed by atoms with van der Waals surface area (Å²) in [7, 11) is 1.64. The van der Waals surface area contributed by atoms with Gasteiger partial charge in [-0.05, 0) is 36.8 Å². The lowest BCUT2D eigenvalue weighted by Crippen LogP contribution is -1.94. The molecule has 0 bridgehead atoms. The summed E-state index contributed by atoms with van der Waals surface area (Å²) in [6.45, 7) is 1.96. The predicted octanol–water partition coefficient (Wildman–Crippen LogP) is 4.49. The maximum atomic E-state index is 5.97.